The van der Waals surface area contributed by atoms with Crippen molar-refractivity contribution < 1.29 is 19.7 Å². The van der Waals surface area contributed by atoms with Crippen LogP contribution in [0.4, 0.5) is 5.82 Å². The molecule has 1 saturated heterocycles. The van der Waals surface area contributed by atoms with Crippen molar-refractivity contribution in [3.63, 3.8) is 0 Å². The summed E-state index contributed by atoms with van der Waals surface area (Å²) < 4.78 is 5.42. The van der Waals surface area contributed by atoms with Crippen molar-refractivity contribution >= 4 is 11.8 Å². The lowest BCUT2D eigenvalue weighted by Crippen LogP contribution is -2.44. The third-order valence-corrected chi connectivity index (χ3v) is 3.49. The van der Waals surface area contributed by atoms with E-state index in [1.165, 1.54) is 0 Å². The van der Waals surface area contributed by atoms with Crippen molar-refractivity contribution in [3.8, 4) is 0 Å². The molecular weight excluding hydrogens is 272 g/mol. The van der Waals surface area contributed by atoms with Gasteiger partial charge in [0.05, 0.1) is 24.9 Å². The lowest BCUT2D eigenvalue weighted by Gasteiger charge is -2.33. The third kappa shape index (κ3) is 3.71. The number of pyridine rings is 1. The van der Waals surface area contributed by atoms with Crippen molar-refractivity contribution in [2.75, 3.05) is 31.2 Å². The Morgan fingerprint density at radius 2 is 2.19 bits per heavy atom. The summed E-state index contributed by atoms with van der Waals surface area (Å²) in [6, 6.07) is 3.20. The monoisotopic (exact) mass is 294 g/mol. The maximum absolute atomic E-state index is 11.3. The largest absolute Gasteiger partial charge is 0.478 e. The fourth-order valence-electron chi connectivity index (χ4n) is 2.22. The van der Waals surface area contributed by atoms with Crippen LogP contribution in [-0.2, 0) is 10.2 Å². The molecule has 6 nitrogen and oxygen atoms in total. The summed E-state index contributed by atoms with van der Waals surface area (Å²) in [4.78, 5) is 17.9. The van der Waals surface area contributed by atoms with Gasteiger partial charge in [-0.1, -0.05) is 20.8 Å². The molecule has 0 bridgehead atoms. The normalized spacial score (nSPS) is 19.6. The van der Waals surface area contributed by atoms with Crippen LogP contribution < -0.4 is 4.90 Å². The van der Waals surface area contributed by atoms with Gasteiger partial charge in [-0.3, -0.25) is 0 Å². The average molecular weight is 294 g/mol. The molecule has 0 aromatic carbocycles. The number of rotatable bonds is 3. The Labute approximate surface area is 124 Å². The van der Waals surface area contributed by atoms with Crippen molar-refractivity contribution in [1.29, 1.82) is 0 Å². The van der Waals surface area contributed by atoms with Gasteiger partial charge in [-0.15, -0.1) is 0 Å². The molecule has 1 aliphatic rings. The second-order valence-corrected chi connectivity index (χ2v) is 6.28. The zero-order valence-corrected chi connectivity index (χ0v) is 12.7. The molecule has 1 unspecified atom stereocenters. The number of morpholine rings is 1. The molecule has 0 radical (unpaired) electrons. The van der Waals surface area contributed by atoms with Gasteiger partial charge in [-0.05, 0) is 12.1 Å². The van der Waals surface area contributed by atoms with E-state index in [0.717, 1.165) is 5.69 Å². The standard InChI is InChI=1S/C15H22N2O4/c1-15(2,3)12-6-10(14(19)20)7-13(16-12)17-4-5-21-11(8-17)9-18/h6-7,11,18H,4-5,8-9H2,1-3H3,(H,19,20). The Kier molecular flexibility index (Phi) is 4.49. The first kappa shape index (κ1) is 15.7. The summed E-state index contributed by atoms with van der Waals surface area (Å²) in [5.41, 5.74) is 0.740. The Morgan fingerprint density at radius 3 is 2.76 bits per heavy atom. The van der Waals surface area contributed by atoms with Crippen LogP contribution in [0.1, 0.15) is 36.8 Å². The van der Waals surface area contributed by atoms with Crippen LogP contribution in [0.3, 0.4) is 0 Å². The number of carboxylic acid groups (broad SMARTS) is 1. The molecule has 6 heteroatoms. The van der Waals surface area contributed by atoms with Gasteiger partial charge in [0, 0.05) is 24.2 Å². The van der Waals surface area contributed by atoms with E-state index in [9.17, 15) is 15.0 Å². The number of hydrogen-bond donors (Lipinski definition) is 2. The van der Waals surface area contributed by atoms with E-state index in [0.29, 0.717) is 25.5 Å². The average Bonchev–Trinajstić information content (AvgIpc) is 2.46. The van der Waals surface area contributed by atoms with Crippen molar-refractivity contribution in [3.05, 3.63) is 23.4 Å². The molecule has 0 saturated carbocycles. The second kappa shape index (κ2) is 5.99. The van der Waals surface area contributed by atoms with E-state index < -0.39 is 5.97 Å². The molecule has 1 aromatic heterocycles. The van der Waals surface area contributed by atoms with Gasteiger partial charge in [0.1, 0.15) is 5.82 Å². The summed E-state index contributed by atoms with van der Waals surface area (Å²) in [5, 5.41) is 18.5. The fraction of sp³-hybridized carbons (Fsp3) is 0.600. The number of hydrogen-bond acceptors (Lipinski definition) is 5. The Hall–Kier alpha value is -1.66. The lowest BCUT2D eigenvalue weighted by atomic mass is 9.90. The molecule has 1 atom stereocenters. The van der Waals surface area contributed by atoms with E-state index in [2.05, 4.69) is 4.98 Å². The van der Waals surface area contributed by atoms with Crippen LogP contribution in [0.5, 0.6) is 0 Å². The molecule has 2 N–H and O–H groups in total. The van der Waals surface area contributed by atoms with Gasteiger partial charge >= 0.3 is 5.97 Å². The maximum atomic E-state index is 11.3. The smallest absolute Gasteiger partial charge is 0.335 e. The number of aromatic nitrogens is 1. The number of aromatic carboxylic acids is 1. The van der Waals surface area contributed by atoms with E-state index >= 15 is 0 Å². The summed E-state index contributed by atoms with van der Waals surface area (Å²) >= 11 is 0. The van der Waals surface area contributed by atoms with Crippen molar-refractivity contribution in [2.24, 2.45) is 0 Å². The molecule has 2 heterocycles. The molecule has 0 amide bonds. The third-order valence-electron chi connectivity index (χ3n) is 3.49. The summed E-state index contributed by atoms with van der Waals surface area (Å²) in [5.74, 6) is -0.335. The van der Waals surface area contributed by atoms with Crippen LogP contribution in [0, 0.1) is 0 Å². The number of aliphatic hydroxyl groups is 1. The minimum Gasteiger partial charge on any atom is -0.478 e. The van der Waals surface area contributed by atoms with Gasteiger partial charge in [0.2, 0.25) is 0 Å². The Balaban J connectivity index is 2.38. The van der Waals surface area contributed by atoms with Crippen molar-refractivity contribution in [2.45, 2.75) is 32.3 Å². The number of anilines is 1. The van der Waals surface area contributed by atoms with Crippen LogP contribution >= 0.6 is 0 Å². The topological polar surface area (TPSA) is 82.9 Å². The molecule has 1 aliphatic heterocycles. The molecular formula is C15H22N2O4. The van der Waals surface area contributed by atoms with Crippen LogP contribution in [0.25, 0.3) is 0 Å². The maximum Gasteiger partial charge on any atom is 0.335 e. The second-order valence-electron chi connectivity index (χ2n) is 6.28. The summed E-state index contributed by atoms with van der Waals surface area (Å²) in [7, 11) is 0. The molecule has 1 aromatic rings. The first-order valence-corrected chi connectivity index (χ1v) is 7.04. The Bertz CT molecular complexity index is 525. The van der Waals surface area contributed by atoms with Gasteiger partial charge in [0.15, 0.2) is 0 Å². The van der Waals surface area contributed by atoms with E-state index in [1.807, 2.05) is 25.7 Å². The highest BCUT2D eigenvalue weighted by Crippen LogP contribution is 2.26. The number of carboxylic acids is 1. The highest BCUT2D eigenvalue weighted by molar-refractivity contribution is 5.88. The summed E-state index contributed by atoms with van der Waals surface area (Å²) in [6.07, 6.45) is -0.257. The van der Waals surface area contributed by atoms with Gasteiger partial charge < -0.3 is 19.8 Å². The molecule has 1 fully saturated rings. The van der Waals surface area contributed by atoms with E-state index in [4.69, 9.17) is 4.74 Å². The van der Waals surface area contributed by atoms with E-state index in [1.54, 1.807) is 12.1 Å². The number of aliphatic hydroxyl groups excluding tert-OH is 1. The molecule has 0 aliphatic carbocycles. The Morgan fingerprint density at radius 1 is 1.48 bits per heavy atom. The highest BCUT2D eigenvalue weighted by atomic mass is 16.5. The van der Waals surface area contributed by atoms with Crippen LogP contribution in [0.2, 0.25) is 0 Å². The SMILES string of the molecule is CC(C)(C)c1cc(C(=O)O)cc(N2CCOC(CO)C2)n1. The fourth-order valence-corrected chi connectivity index (χ4v) is 2.22. The van der Waals surface area contributed by atoms with Gasteiger partial charge in [-0.25, -0.2) is 9.78 Å². The number of ether oxygens (including phenoxy) is 1. The minimum atomic E-state index is -0.962. The molecule has 0 spiro atoms. The van der Waals surface area contributed by atoms with E-state index in [-0.39, 0.29) is 23.7 Å². The van der Waals surface area contributed by atoms with Gasteiger partial charge in [0.25, 0.3) is 0 Å². The van der Waals surface area contributed by atoms with Crippen LogP contribution in [-0.4, -0.2) is 53.6 Å². The summed E-state index contributed by atoms with van der Waals surface area (Å²) in [6.45, 7) is 7.59. The first-order valence-electron chi connectivity index (χ1n) is 7.04. The van der Waals surface area contributed by atoms with Crippen molar-refractivity contribution in [1.82, 2.24) is 4.98 Å². The zero-order chi connectivity index (χ0) is 15.6. The first-order chi connectivity index (χ1) is 9.81. The molecule has 2 rings (SSSR count). The van der Waals surface area contributed by atoms with Gasteiger partial charge in [-0.2, -0.15) is 0 Å². The quantitative estimate of drug-likeness (QED) is 0.873. The minimum absolute atomic E-state index is 0.0543. The predicted molar refractivity (Wildman–Crippen MR) is 78.9 cm³/mol. The number of carbonyl (C=O) groups is 1. The lowest BCUT2D eigenvalue weighted by molar-refractivity contribution is 0.00334. The highest BCUT2D eigenvalue weighted by Gasteiger charge is 2.24. The number of nitrogens with zero attached hydrogens (tertiary/aromatic N) is 2. The zero-order valence-electron chi connectivity index (χ0n) is 12.7. The molecule has 116 valence electrons. The molecule has 21 heavy (non-hydrogen) atoms. The predicted octanol–water partition coefficient (Wildman–Crippen LogP) is 1.27. The van der Waals surface area contributed by atoms with Crippen LogP contribution in [0.15, 0.2) is 12.1 Å².